The van der Waals surface area contributed by atoms with Crippen molar-refractivity contribution >= 4 is 12.0 Å². The zero-order chi connectivity index (χ0) is 16.5. The fraction of sp³-hybridized carbons (Fsp3) is 0.250. The summed E-state index contributed by atoms with van der Waals surface area (Å²) in [4.78, 5) is 12.2. The van der Waals surface area contributed by atoms with Gasteiger partial charge in [-0.1, -0.05) is 49.8 Å². The van der Waals surface area contributed by atoms with Gasteiger partial charge in [0.25, 0.3) is 5.91 Å². The van der Waals surface area contributed by atoms with Crippen molar-refractivity contribution in [1.82, 2.24) is 5.32 Å². The van der Waals surface area contributed by atoms with Crippen LogP contribution in [-0.2, 0) is 6.54 Å². The molecule has 120 valence electrons. The highest BCUT2D eigenvalue weighted by Gasteiger charge is 2.05. The summed E-state index contributed by atoms with van der Waals surface area (Å²) in [6.07, 6.45) is 6.45. The third-order valence-corrected chi connectivity index (χ3v) is 3.53. The van der Waals surface area contributed by atoms with Crippen molar-refractivity contribution in [1.29, 1.82) is 0 Å². The molecule has 3 heteroatoms. The highest BCUT2D eigenvalue weighted by Crippen LogP contribution is 2.12. The Kier molecular flexibility index (Phi) is 6.42. The summed E-state index contributed by atoms with van der Waals surface area (Å²) in [5.74, 6) is 0.719. The van der Waals surface area contributed by atoms with Gasteiger partial charge in [0.2, 0.25) is 0 Å². The molecule has 23 heavy (non-hydrogen) atoms. The van der Waals surface area contributed by atoms with Crippen molar-refractivity contribution in [3.05, 3.63) is 71.3 Å². The Bertz CT molecular complexity index is 660. The second kappa shape index (κ2) is 8.79. The summed E-state index contributed by atoms with van der Waals surface area (Å²) in [5.41, 5.74) is 2.79. The zero-order valence-electron chi connectivity index (χ0n) is 13.7. The zero-order valence-corrected chi connectivity index (χ0v) is 13.7. The van der Waals surface area contributed by atoms with E-state index in [-0.39, 0.29) is 5.91 Å². The molecule has 0 fully saturated rings. The Balaban J connectivity index is 1.92. The maximum atomic E-state index is 12.2. The van der Waals surface area contributed by atoms with Crippen molar-refractivity contribution in [2.45, 2.75) is 26.3 Å². The van der Waals surface area contributed by atoms with Crippen LogP contribution in [0.1, 0.15) is 41.3 Å². The minimum atomic E-state index is -0.0723. The van der Waals surface area contributed by atoms with Gasteiger partial charge < -0.3 is 10.1 Å². The molecule has 1 N–H and O–H groups in total. The molecule has 0 radical (unpaired) electrons. The molecule has 0 aliphatic heterocycles. The van der Waals surface area contributed by atoms with Crippen molar-refractivity contribution in [3.8, 4) is 5.75 Å². The van der Waals surface area contributed by atoms with E-state index in [0.717, 1.165) is 29.7 Å². The summed E-state index contributed by atoms with van der Waals surface area (Å²) in [7, 11) is 1.63. The van der Waals surface area contributed by atoms with Gasteiger partial charge in [-0.15, -0.1) is 0 Å². The van der Waals surface area contributed by atoms with Crippen LogP contribution in [-0.4, -0.2) is 13.0 Å². The van der Waals surface area contributed by atoms with Crippen LogP contribution in [0.25, 0.3) is 6.08 Å². The third-order valence-electron chi connectivity index (χ3n) is 3.53. The summed E-state index contributed by atoms with van der Waals surface area (Å²) >= 11 is 0. The maximum Gasteiger partial charge on any atom is 0.251 e. The Morgan fingerprint density at radius 2 is 1.96 bits per heavy atom. The van der Waals surface area contributed by atoms with Gasteiger partial charge in [0.15, 0.2) is 0 Å². The van der Waals surface area contributed by atoms with E-state index in [1.807, 2.05) is 48.5 Å². The molecule has 0 unspecified atom stereocenters. The quantitative estimate of drug-likeness (QED) is 0.821. The number of nitrogens with one attached hydrogen (secondary N) is 1. The number of ether oxygens (including phenoxy) is 1. The van der Waals surface area contributed by atoms with Crippen LogP contribution in [0, 0.1) is 0 Å². The number of rotatable bonds is 7. The van der Waals surface area contributed by atoms with Crippen LogP contribution in [0.5, 0.6) is 5.75 Å². The smallest absolute Gasteiger partial charge is 0.251 e. The van der Waals surface area contributed by atoms with E-state index in [0.29, 0.717) is 12.1 Å². The number of carbonyl (C=O) groups is 1. The lowest BCUT2D eigenvalue weighted by Crippen LogP contribution is -2.22. The standard InChI is InChI=1S/C20H23NO2/c1-3-4-5-7-16-10-12-18(13-11-16)20(22)21-15-17-8-6-9-19(14-17)23-2/h5-14H,3-4,15H2,1-2H3,(H,21,22)/b7-5+. The van der Waals surface area contributed by atoms with E-state index in [4.69, 9.17) is 4.74 Å². The SMILES string of the molecule is CCC/C=C/c1ccc(C(=O)NCc2cccc(OC)c2)cc1. The lowest BCUT2D eigenvalue weighted by molar-refractivity contribution is 0.0951. The number of allylic oxidation sites excluding steroid dienone is 1. The molecule has 1 amide bonds. The van der Waals surface area contributed by atoms with Gasteiger partial charge in [0.1, 0.15) is 5.75 Å². The van der Waals surface area contributed by atoms with E-state index >= 15 is 0 Å². The molecule has 3 nitrogen and oxygen atoms in total. The molecule has 0 aromatic heterocycles. The van der Waals surface area contributed by atoms with Gasteiger partial charge in [-0.05, 0) is 41.8 Å². The van der Waals surface area contributed by atoms with E-state index in [9.17, 15) is 4.79 Å². The topological polar surface area (TPSA) is 38.3 Å². The summed E-state index contributed by atoms with van der Waals surface area (Å²) < 4.78 is 5.18. The van der Waals surface area contributed by atoms with Gasteiger partial charge in [-0.2, -0.15) is 0 Å². The molecule has 0 aliphatic rings. The fourth-order valence-corrected chi connectivity index (χ4v) is 2.20. The van der Waals surface area contributed by atoms with Gasteiger partial charge >= 0.3 is 0 Å². The summed E-state index contributed by atoms with van der Waals surface area (Å²) in [6.45, 7) is 2.63. The first-order chi connectivity index (χ1) is 11.2. The number of amides is 1. The highest BCUT2D eigenvalue weighted by molar-refractivity contribution is 5.94. The number of unbranched alkanes of at least 4 members (excludes halogenated alkanes) is 1. The molecule has 0 spiro atoms. The van der Waals surface area contributed by atoms with Crippen LogP contribution >= 0.6 is 0 Å². The minimum Gasteiger partial charge on any atom is -0.497 e. The van der Waals surface area contributed by atoms with E-state index in [2.05, 4.69) is 24.4 Å². The van der Waals surface area contributed by atoms with Gasteiger partial charge in [-0.3, -0.25) is 4.79 Å². The average Bonchev–Trinajstić information content (AvgIpc) is 2.60. The van der Waals surface area contributed by atoms with Crippen molar-refractivity contribution in [3.63, 3.8) is 0 Å². The Morgan fingerprint density at radius 3 is 2.65 bits per heavy atom. The summed E-state index contributed by atoms with van der Waals surface area (Å²) in [6, 6.07) is 15.3. The molecule has 0 saturated heterocycles. The maximum absolute atomic E-state index is 12.2. The van der Waals surface area contributed by atoms with E-state index < -0.39 is 0 Å². The molecule has 2 aromatic carbocycles. The third kappa shape index (κ3) is 5.29. The number of hydrogen-bond donors (Lipinski definition) is 1. The first-order valence-electron chi connectivity index (χ1n) is 7.90. The number of benzene rings is 2. The van der Waals surface area contributed by atoms with Crippen LogP contribution in [0.2, 0.25) is 0 Å². The molecule has 2 rings (SSSR count). The second-order valence-corrected chi connectivity index (χ2v) is 5.35. The predicted molar refractivity (Wildman–Crippen MR) is 94.5 cm³/mol. The molecular weight excluding hydrogens is 286 g/mol. The monoisotopic (exact) mass is 309 g/mol. The largest absolute Gasteiger partial charge is 0.497 e. The predicted octanol–water partition coefficient (Wildman–Crippen LogP) is 4.44. The molecule has 0 aliphatic carbocycles. The van der Waals surface area contributed by atoms with Crippen LogP contribution in [0.3, 0.4) is 0 Å². The lowest BCUT2D eigenvalue weighted by atomic mass is 10.1. The first-order valence-corrected chi connectivity index (χ1v) is 7.90. The number of methoxy groups -OCH3 is 1. The van der Waals surface area contributed by atoms with Crippen LogP contribution in [0.15, 0.2) is 54.6 Å². The van der Waals surface area contributed by atoms with Crippen molar-refractivity contribution in [2.24, 2.45) is 0 Å². The molecule has 2 aromatic rings. The normalized spacial score (nSPS) is 10.7. The molecule has 0 atom stereocenters. The molecule has 0 bridgehead atoms. The Hall–Kier alpha value is -2.55. The first kappa shape index (κ1) is 16.8. The van der Waals surface area contributed by atoms with Crippen molar-refractivity contribution < 1.29 is 9.53 Å². The van der Waals surface area contributed by atoms with E-state index in [1.165, 1.54) is 0 Å². The van der Waals surface area contributed by atoms with Gasteiger partial charge in [-0.25, -0.2) is 0 Å². The van der Waals surface area contributed by atoms with Gasteiger partial charge in [0.05, 0.1) is 7.11 Å². The summed E-state index contributed by atoms with van der Waals surface area (Å²) in [5, 5.41) is 2.93. The minimum absolute atomic E-state index is 0.0723. The molecule has 0 saturated carbocycles. The highest BCUT2D eigenvalue weighted by atomic mass is 16.5. The van der Waals surface area contributed by atoms with Crippen LogP contribution in [0.4, 0.5) is 0 Å². The number of carbonyl (C=O) groups excluding carboxylic acids is 1. The fourth-order valence-electron chi connectivity index (χ4n) is 2.20. The van der Waals surface area contributed by atoms with E-state index in [1.54, 1.807) is 7.11 Å². The Labute approximate surface area is 138 Å². The Morgan fingerprint density at radius 1 is 1.17 bits per heavy atom. The molecular formula is C20H23NO2. The average molecular weight is 309 g/mol. The van der Waals surface area contributed by atoms with Crippen molar-refractivity contribution in [2.75, 3.05) is 7.11 Å². The van der Waals surface area contributed by atoms with Crippen LogP contribution < -0.4 is 10.1 Å². The number of hydrogen-bond acceptors (Lipinski definition) is 2. The lowest BCUT2D eigenvalue weighted by Gasteiger charge is -2.07. The van der Waals surface area contributed by atoms with Gasteiger partial charge in [0, 0.05) is 12.1 Å². The molecule has 0 heterocycles. The second-order valence-electron chi connectivity index (χ2n) is 5.35.